The minimum atomic E-state index is 0. The summed E-state index contributed by atoms with van der Waals surface area (Å²) in [6, 6.07) is 7.46. The van der Waals surface area contributed by atoms with Crippen LogP contribution in [0.1, 0.15) is 25.7 Å². The number of halogens is 2. The highest BCUT2D eigenvalue weighted by Crippen LogP contribution is 2.15. The van der Waals surface area contributed by atoms with E-state index in [-0.39, 0.29) is 17.0 Å². The van der Waals surface area contributed by atoms with Crippen molar-refractivity contribution in [3.63, 3.8) is 0 Å². The molecule has 0 saturated carbocycles. The van der Waals surface area contributed by atoms with Crippen LogP contribution in [0, 0.1) is 0 Å². The van der Waals surface area contributed by atoms with Crippen molar-refractivity contribution in [3.05, 3.63) is 29.3 Å². The average Bonchev–Trinajstić information content (AvgIpc) is 2.26. The molecule has 0 radical (unpaired) electrons. The van der Waals surface area contributed by atoms with Gasteiger partial charge in [0.15, 0.2) is 0 Å². The lowest BCUT2D eigenvalue weighted by Gasteiger charge is -2.05. The molecule has 0 aliphatic heterocycles. The summed E-state index contributed by atoms with van der Waals surface area (Å²) < 4.78 is 5.55. The second-order valence-electron chi connectivity index (χ2n) is 3.51. The van der Waals surface area contributed by atoms with E-state index in [1.807, 2.05) is 24.3 Å². The van der Waals surface area contributed by atoms with Crippen molar-refractivity contribution in [1.82, 2.24) is 0 Å². The van der Waals surface area contributed by atoms with Gasteiger partial charge in [0, 0.05) is 5.02 Å². The van der Waals surface area contributed by atoms with E-state index in [2.05, 4.69) is 0 Å². The van der Waals surface area contributed by atoms with E-state index in [1.54, 1.807) is 0 Å². The van der Waals surface area contributed by atoms with Crippen molar-refractivity contribution < 1.29 is 4.74 Å². The molecule has 0 fully saturated rings. The lowest BCUT2D eigenvalue weighted by atomic mass is 10.2. The molecular formula is C12H19BrClNO. The molecule has 0 bridgehead atoms. The SMILES string of the molecule is Br.NCCCCCCOc1ccc(Cl)cc1. The second-order valence-corrected chi connectivity index (χ2v) is 3.94. The van der Waals surface area contributed by atoms with Gasteiger partial charge in [-0.05, 0) is 43.7 Å². The molecule has 0 aromatic heterocycles. The first kappa shape index (κ1) is 15.8. The second kappa shape index (κ2) is 9.94. The van der Waals surface area contributed by atoms with Crippen LogP contribution in [0.5, 0.6) is 5.75 Å². The number of unbranched alkanes of at least 4 members (excludes halogenated alkanes) is 3. The molecule has 0 atom stereocenters. The summed E-state index contributed by atoms with van der Waals surface area (Å²) >= 11 is 5.76. The maximum atomic E-state index is 5.76. The Kier molecular flexibility index (Phi) is 9.78. The van der Waals surface area contributed by atoms with E-state index in [1.165, 1.54) is 12.8 Å². The van der Waals surface area contributed by atoms with Gasteiger partial charge in [-0.1, -0.05) is 24.4 Å². The molecule has 0 aliphatic rings. The van der Waals surface area contributed by atoms with Crippen molar-refractivity contribution in [2.24, 2.45) is 5.73 Å². The topological polar surface area (TPSA) is 35.2 Å². The fourth-order valence-electron chi connectivity index (χ4n) is 1.32. The number of hydrogen-bond acceptors (Lipinski definition) is 2. The van der Waals surface area contributed by atoms with Gasteiger partial charge >= 0.3 is 0 Å². The Labute approximate surface area is 113 Å². The Morgan fingerprint density at radius 1 is 1.00 bits per heavy atom. The van der Waals surface area contributed by atoms with Crippen molar-refractivity contribution >= 4 is 28.6 Å². The van der Waals surface area contributed by atoms with Crippen molar-refractivity contribution in [2.75, 3.05) is 13.2 Å². The third-order valence-corrected chi connectivity index (χ3v) is 2.43. The first-order chi connectivity index (χ1) is 7.33. The van der Waals surface area contributed by atoms with Crippen LogP contribution in [-0.4, -0.2) is 13.2 Å². The normalized spacial score (nSPS) is 9.62. The number of benzene rings is 1. The van der Waals surface area contributed by atoms with Crippen LogP contribution < -0.4 is 10.5 Å². The molecule has 0 saturated heterocycles. The zero-order valence-corrected chi connectivity index (χ0v) is 11.8. The van der Waals surface area contributed by atoms with E-state index in [4.69, 9.17) is 22.1 Å². The smallest absolute Gasteiger partial charge is 0.119 e. The molecule has 4 heteroatoms. The highest BCUT2D eigenvalue weighted by molar-refractivity contribution is 8.93. The van der Waals surface area contributed by atoms with Gasteiger partial charge in [-0.2, -0.15) is 0 Å². The summed E-state index contributed by atoms with van der Waals surface area (Å²) in [5.74, 6) is 0.887. The molecule has 92 valence electrons. The maximum Gasteiger partial charge on any atom is 0.119 e. The Morgan fingerprint density at radius 2 is 1.62 bits per heavy atom. The standard InChI is InChI=1S/C12H18ClNO.BrH/c13-11-5-7-12(8-6-11)15-10-4-2-1-3-9-14;/h5-8H,1-4,9-10,14H2;1H. The monoisotopic (exact) mass is 307 g/mol. The number of rotatable bonds is 7. The number of nitrogens with two attached hydrogens (primary N) is 1. The van der Waals surface area contributed by atoms with Crippen molar-refractivity contribution in [3.8, 4) is 5.75 Å². The largest absolute Gasteiger partial charge is 0.494 e. The van der Waals surface area contributed by atoms with Gasteiger partial charge in [-0.15, -0.1) is 17.0 Å². The molecule has 2 nitrogen and oxygen atoms in total. The molecule has 0 spiro atoms. The predicted octanol–water partition coefficient (Wildman–Crippen LogP) is 3.82. The number of ether oxygens (including phenoxy) is 1. The van der Waals surface area contributed by atoms with E-state index in [9.17, 15) is 0 Å². The number of hydrogen-bond donors (Lipinski definition) is 1. The van der Waals surface area contributed by atoms with Crippen LogP contribution in [0.4, 0.5) is 0 Å². The summed E-state index contributed by atoms with van der Waals surface area (Å²) in [4.78, 5) is 0. The van der Waals surface area contributed by atoms with Crippen LogP contribution in [-0.2, 0) is 0 Å². The van der Waals surface area contributed by atoms with Crippen LogP contribution >= 0.6 is 28.6 Å². The van der Waals surface area contributed by atoms with Crippen LogP contribution in [0.15, 0.2) is 24.3 Å². The molecule has 1 rings (SSSR count). The third kappa shape index (κ3) is 7.09. The van der Waals surface area contributed by atoms with Crippen LogP contribution in [0.3, 0.4) is 0 Å². The predicted molar refractivity (Wildman–Crippen MR) is 74.8 cm³/mol. The van der Waals surface area contributed by atoms with E-state index < -0.39 is 0 Å². The summed E-state index contributed by atoms with van der Waals surface area (Å²) in [7, 11) is 0. The van der Waals surface area contributed by atoms with Gasteiger partial charge in [0.2, 0.25) is 0 Å². The Hall–Kier alpha value is -0.250. The fourth-order valence-corrected chi connectivity index (χ4v) is 1.45. The van der Waals surface area contributed by atoms with Gasteiger partial charge in [-0.25, -0.2) is 0 Å². The first-order valence-corrected chi connectivity index (χ1v) is 5.79. The van der Waals surface area contributed by atoms with Crippen LogP contribution in [0.2, 0.25) is 5.02 Å². The lowest BCUT2D eigenvalue weighted by molar-refractivity contribution is 0.305. The molecule has 1 aromatic carbocycles. The summed E-state index contributed by atoms with van der Waals surface area (Å²) in [6.45, 7) is 1.56. The Bertz CT molecular complexity index is 266. The Morgan fingerprint density at radius 3 is 2.25 bits per heavy atom. The summed E-state index contributed by atoms with van der Waals surface area (Å²) in [5.41, 5.74) is 5.40. The molecular weight excluding hydrogens is 289 g/mol. The molecule has 0 aliphatic carbocycles. The molecule has 0 unspecified atom stereocenters. The molecule has 2 N–H and O–H groups in total. The van der Waals surface area contributed by atoms with Crippen molar-refractivity contribution in [2.45, 2.75) is 25.7 Å². The highest BCUT2D eigenvalue weighted by atomic mass is 79.9. The highest BCUT2D eigenvalue weighted by Gasteiger charge is 1.93. The van der Waals surface area contributed by atoms with E-state index in [0.29, 0.717) is 0 Å². The zero-order chi connectivity index (χ0) is 10.9. The summed E-state index contributed by atoms with van der Waals surface area (Å²) in [5, 5.41) is 0.741. The van der Waals surface area contributed by atoms with Gasteiger partial charge in [0.05, 0.1) is 6.61 Å². The molecule has 16 heavy (non-hydrogen) atoms. The lowest BCUT2D eigenvalue weighted by Crippen LogP contribution is -2.00. The zero-order valence-electron chi connectivity index (χ0n) is 9.32. The molecule has 0 heterocycles. The first-order valence-electron chi connectivity index (χ1n) is 5.41. The Balaban J connectivity index is 0.00000225. The van der Waals surface area contributed by atoms with Gasteiger partial charge in [0.25, 0.3) is 0 Å². The fraction of sp³-hybridized carbons (Fsp3) is 0.500. The third-order valence-electron chi connectivity index (χ3n) is 2.18. The van der Waals surface area contributed by atoms with Gasteiger partial charge < -0.3 is 10.5 Å². The maximum absolute atomic E-state index is 5.76. The van der Waals surface area contributed by atoms with Crippen LogP contribution in [0.25, 0.3) is 0 Å². The summed E-state index contributed by atoms with van der Waals surface area (Å²) in [6.07, 6.45) is 4.58. The average molecular weight is 309 g/mol. The van der Waals surface area contributed by atoms with Crippen molar-refractivity contribution in [1.29, 1.82) is 0 Å². The van der Waals surface area contributed by atoms with Gasteiger partial charge in [-0.3, -0.25) is 0 Å². The molecule has 0 amide bonds. The van der Waals surface area contributed by atoms with E-state index in [0.717, 1.165) is 36.8 Å². The minimum Gasteiger partial charge on any atom is -0.494 e. The quantitative estimate of drug-likeness (QED) is 0.777. The molecule has 1 aromatic rings. The van der Waals surface area contributed by atoms with Gasteiger partial charge in [0.1, 0.15) is 5.75 Å². The minimum absolute atomic E-state index is 0. The van der Waals surface area contributed by atoms with E-state index >= 15 is 0 Å².